The van der Waals surface area contributed by atoms with Crippen LogP contribution in [0.1, 0.15) is 12.8 Å². The number of hydrogen-bond donors (Lipinski definition) is 1. The maximum atomic E-state index is 4.44. The topological polar surface area (TPSA) is 28.2 Å². The third kappa shape index (κ3) is 1.82. The van der Waals surface area contributed by atoms with E-state index in [9.17, 15) is 0 Å². The van der Waals surface area contributed by atoms with E-state index in [1.807, 2.05) is 12.3 Å². The second kappa shape index (κ2) is 4.37. The van der Waals surface area contributed by atoms with Gasteiger partial charge >= 0.3 is 0 Å². The minimum atomic E-state index is 0. The van der Waals surface area contributed by atoms with Gasteiger partial charge in [-0.05, 0) is 25.0 Å². The Kier molecular flexibility index (Phi) is 3.12. The van der Waals surface area contributed by atoms with Gasteiger partial charge in [-0.15, -0.1) is 12.4 Å². The van der Waals surface area contributed by atoms with Crippen molar-refractivity contribution in [1.29, 1.82) is 0 Å². The van der Waals surface area contributed by atoms with Crippen molar-refractivity contribution in [2.45, 2.75) is 24.9 Å². The molecule has 0 amide bonds. The van der Waals surface area contributed by atoms with Crippen molar-refractivity contribution in [3.63, 3.8) is 0 Å². The molecule has 82 valence electrons. The van der Waals surface area contributed by atoms with Crippen molar-refractivity contribution in [2.24, 2.45) is 0 Å². The molecule has 2 saturated heterocycles. The average Bonchev–Trinajstić information content (AvgIpc) is 2.50. The molecule has 3 nitrogen and oxygen atoms in total. The average molecular weight is 226 g/mol. The van der Waals surface area contributed by atoms with Gasteiger partial charge in [0.25, 0.3) is 0 Å². The van der Waals surface area contributed by atoms with Crippen LogP contribution in [0.3, 0.4) is 0 Å². The smallest absolute Gasteiger partial charge is 0.129 e. The first-order chi connectivity index (χ1) is 6.95. The number of hydrogen-bond acceptors (Lipinski definition) is 3. The molecule has 0 saturated carbocycles. The van der Waals surface area contributed by atoms with Gasteiger partial charge in [-0.25, -0.2) is 4.98 Å². The highest BCUT2D eigenvalue weighted by atomic mass is 35.5. The Hall–Kier alpha value is -0.800. The molecule has 1 aromatic rings. The maximum absolute atomic E-state index is 4.44. The van der Waals surface area contributed by atoms with Crippen LogP contribution in [0.4, 0.5) is 5.82 Å². The molecule has 4 heteroatoms. The fraction of sp³-hybridized carbons (Fsp3) is 0.545. The third-order valence-corrected chi connectivity index (χ3v) is 3.29. The Labute approximate surface area is 96.3 Å². The van der Waals surface area contributed by atoms with E-state index in [0.29, 0.717) is 12.1 Å². The van der Waals surface area contributed by atoms with Gasteiger partial charge in [0.2, 0.25) is 0 Å². The molecule has 2 atom stereocenters. The van der Waals surface area contributed by atoms with E-state index >= 15 is 0 Å². The van der Waals surface area contributed by atoms with Crippen molar-refractivity contribution in [3.05, 3.63) is 24.4 Å². The highest BCUT2D eigenvalue weighted by Gasteiger charge is 2.36. The Morgan fingerprint density at radius 2 is 1.93 bits per heavy atom. The predicted molar refractivity (Wildman–Crippen MR) is 63.6 cm³/mol. The lowest BCUT2D eigenvalue weighted by molar-refractivity contribution is 0.481. The predicted octanol–water partition coefficient (Wildman–Crippen LogP) is 1.44. The van der Waals surface area contributed by atoms with Crippen LogP contribution < -0.4 is 10.2 Å². The van der Waals surface area contributed by atoms with Crippen molar-refractivity contribution < 1.29 is 0 Å². The minimum absolute atomic E-state index is 0. The van der Waals surface area contributed by atoms with E-state index in [-0.39, 0.29) is 12.4 Å². The normalized spacial score (nSPS) is 28.7. The van der Waals surface area contributed by atoms with E-state index < -0.39 is 0 Å². The second-order valence-electron chi connectivity index (χ2n) is 4.14. The molecule has 2 unspecified atom stereocenters. The molecule has 15 heavy (non-hydrogen) atoms. The number of nitrogens with zero attached hydrogens (tertiary/aromatic N) is 2. The van der Waals surface area contributed by atoms with Crippen LogP contribution in [-0.2, 0) is 0 Å². The molecule has 2 aliphatic heterocycles. The van der Waals surface area contributed by atoms with Crippen molar-refractivity contribution in [1.82, 2.24) is 10.3 Å². The number of rotatable bonds is 1. The fourth-order valence-electron chi connectivity index (χ4n) is 2.66. The van der Waals surface area contributed by atoms with Crippen molar-refractivity contribution in [2.75, 3.05) is 18.0 Å². The van der Waals surface area contributed by atoms with Crippen molar-refractivity contribution >= 4 is 18.2 Å². The summed E-state index contributed by atoms with van der Waals surface area (Å²) < 4.78 is 0. The largest absolute Gasteiger partial charge is 0.348 e. The van der Waals surface area contributed by atoms with Crippen LogP contribution in [0.5, 0.6) is 0 Å². The molecular weight excluding hydrogens is 210 g/mol. The first-order valence-corrected chi connectivity index (χ1v) is 5.35. The summed E-state index contributed by atoms with van der Waals surface area (Å²) in [5.74, 6) is 1.15. The monoisotopic (exact) mass is 225 g/mol. The second-order valence-corrected chi connectivity index (χ2v) is 4.14. The number of fused-ring (bicyclic) bond motifs is 2. The van der Waals surface area contributed by atoms with Gasteiger partial charge in [0.1, 0.15) is 5.82 Å². The summed E-state index contributed by atoms with van der Waals surface area (Å²) in [5, 5.41) is 3.48. The van der Waals surface area contributed by atoms with Gasteiger partial charge in [0, 0.05) is 31.4 Å². The Morgan fingerprint density at radius 1 is 1.20 bits per heavy atom. The lowest BCUT2D eigenvalue weighted by atomic mass is 10.2. The van der Waals surface area contributed by atoms with Crippen LogP contribution in [0.2, 0.25) is 0 Å². The molecule has 2 aliphatic rings. The van der Waals surface area contributed by atoms with Crippen LogP contribution in [0, 0.1) is 0 Å². The Balaban J connectivity index is 0.000000853. The number of nitrogens with one attached hydrogen (secondary N) is 1. The summed E-state index contributed by atoms with van der Waals surface area (Å²) >= 11 is 0. The Bertz CT molecular complexity index is 301. The van der Waals surface area contributed by atoms with E-state index in [1.54, 1.807) is 0 Å². The van der Waals surface area contributed by atoms with E-state index in [2.05, 4.69) is 27.3 Å². The number of aromatic nitrogens is 1. The Morgan fingerprint density at radius 3 is 2.53 bits per heavy atom. The van der Waals surface area contributed by atoms with Crippen LogP contribution in [0.15, 0.2) is 24.4 Å². The van der Waals surface area contributed by atoms with E-state index in [4.69, 9.17) is 0 Å². The summed E-state index contributed by atoms with van der Waals surface area (Å²) in [6.45, 7) is 2.24. The van der Waals surface area contributed by atoms with Gasteiger partial charge < -0.3 is 10.2 Å². The zero-order valence-electron chi connectivity index (χ0n) is 8.60. The summed E-state index contributed by atoms with van der Waals surface area (Å²) in [4.78, 5) is 6.94. The molecule has 0 aromatic carbocycles. The standard InChI is InChI=1S/C11H15N3.ClH/c1-2-6-13-11(3-1)14-9-4-5-10(14)8-12-7-9;/h1-3,6,9-10,12H,4-5,7-8H2;1H. The van der Waals surface area contributed by atoms with E-state index in [1.165, 1.54) is 12.8 Å². The number of anilines is 1. The number of piperazine rings is 1. The van der Waals surface area contributed by atoms with Crippen LogP contribution in [0.25, 0.3) is 0 Å². The van der Waals surface area contributed by atoms with Gasteiger partial charge in [-0.3, -0.25) is 0 Å². The number of pyridine rings is 1. The zero-order chi connectivity index (χ0) is 9.38. The molecule has 2 fully saturated rings. The summed E-state index contributed by atoms with van der Waals surface area (Å²) in [7, 11) is 0. The lowest BCUT2D eigenvalue weighted by Crippen LogP contribution is -2.52. The highest BCUT2D eigenvalue weighted by Crippen LogP contribution is 2.30. The SMILES string of the molecule is Cl.c1ccc(N2C3CCC2CNC3)nc1. The molecule has 3 rings (SSSR count). The first-order valence-electron chi connectivity index (χ1n) is 5.35. The third-order valence-electron chi connectivity index (χ3n) is 3.29. The van der Waals surface area contributed by atoms with Crippen LogP contribution >= 0.6 is 12.4 Å². The molecule has 2 bridgehead atoms. The molecular formula is C11H16ClN3. The maximum Gasteiger partial charge on any atom is 0.129 e. The molecule has 1 N–H and O–H groups in total. The van der Waals surface area contributed by atoms with Gasteiger partial charge in [0.15, 0.2) is 0 Å². The summed E-state index contributed by atoms with van der Waals surface area (Å²) in [6.07, 6.45) is 4.51. The highest BCUT2D eigenvalue weighted by molar-refractivity contribution is 5.85. The molecule has 0 radical (unpaired) electrons. The zero-order valence-corrected chi connectivity index (χ0v) is 9.41. The molecule has 0 aliphatic carbocycles. The fourth-order valence-corrected chi connectivity index (χ4v) is 2.66. The molecule has 1 aromatic heterocycles. The quantitative estimate of drug-likeness (QED) is 0.784. The van der Waals surface area contributed by atoms with Gasteiger partial charge in [-0.2, -0.15) is 0 Å². The summed E-state index contributed by atoms with van der Waals surface area (Å²) in [6, 6.07) is 7.51. The van der Waals surface area contributed by atoms with Gasteiger partial charge in [0.05, 0.1) is 0 Å². The molecule has 3 heterocycles. The lowest BCUT2D eigenvalue weighted by Gasteiger charge is -2.36. The number of halogens is 1. The van der Waals surface area contributed by atoms with Crippen molar-refractivity contribution in [3.8, 4) is 0 Å². The van der Waals surface area contributed by atoms with Gasteiger partial charge in [-0.1, -0.05) is 6.07 Å². The van der Waals surface area contributed by atoms with Crippen LogP contribution in [-0.4, -0.2) is 30.2 Å². The summed E-state index contributed by atoms with van der Waals surface area (Å²) in [5.41, 5.74) is 0. The molecule has 0 spiro atoms. The first kappa shape index (κ1) is 10.7. The minimum Gasteiger partial charge on any atom is -0.348 e. The van der Waals surface area contributed by atoms with E-state index in [0.717, 1.165) is 18.9 Å².